The van der Waals surface area contributed by atoms with E-state index in [1.807, 2.05) is 38.1 Å². The Morgan fingerprint density at radius 2 is 1.88 bits per heavy atom. The molecule has 1 aliphatic heterocycles. The third-order valence-electron chi connectivity index (χ3n) is 6.47. The maximum absolute atomic E-state index is 13.9. The van der Waals surface area contributed by atoms with Gasteiger partial charge >= 0.3 is 5.69 Å². The van der Waals surface area contributed by atoms with Gasteiger partial charge < -0.3 is 4.90 Å². The lowest BCUT2D eigenvalue weighted by Gasteiger charge is -2.25. The van der Waals surface area contributed by atoms with E-state index in [4.69, 9.17) is 11.6 Å². The van der Waals surface area contributed by atoms with Crippen LogP contribution >= 0.6 is 22.9 Å². The smallest absolute Gasteiger partial charge is 0.337 e. The number of rotatable bonds is 3. The van der Waals surface area contributed by atoms with Crippen molar-refractivity contribution in [1.82, 2.24) is 14.0 Å². The second-order valence-corrected chi connectivity index (χ2v) is 10.2. The zero-order chi connectivity index (χ0) is 24.1. The Labute approximate surface area is 205 Å². The first kappa shape index (κ1) is 22.6. The van der Waals surface area contributed by atoms with Gasteiger partial charge in [-0.1, -0.05) is 47.5 Å². The number of hydrogen-bond acceptors (Lipinski definition) is 4. The summed E-state index contributed by atoms with van der Waals surface area (Å²) in [5.74, 6) is 0.00669. The molecule has 34 heavy (non-hydrogen) atoms. The number of nitrogens with zero attached hydrogens (tertiary/aromatic N) is 3. The summed E-state index contributed by atoms with van der Waals surface area (Å²) >= 11 is 7.79. The van der Waals surface area contributed by atoms with Crippen LogP contribution in [0.5, 0.6) is 0 Å². The molecule has 0 fully saturated rings. The molecule has 0 saturated heterocycles. The van der Waals surface area contributed by atoms with Crippen molar-refractivity contribution in [3.63, 3.8) is 0 Å². The van der Waals surface area contributed by atoms with Gasteiger partial charge in [0, 0.05) is 23.4 Å². The molecular weight excluding hydrogens is 470 g/mol. The fourth-order valence-electron chi connectivity index (χ4n) is 4.66. The van der Waals surface area contributed by atoms with Gasteiger partial charge in [-0.2, -0.15) is 0 Å². The van der Waals surface area contributed by atoms with Gasteiger partial charge in [0.1, 0.15) is 4.83 Å². The lowest BCUT2D eigenvalue weighted by molar-refractivity contribution is -0.129. The Morgan fingerprint density at radius 1 is 1.12 bits per heavy atom. The predicted molar refractivity (Wildman–Crippen MR) is 137 cm³/mol. The topological polar surface area (TPSA) is 64.3 Å². The second-order valence-electron chi connectivity index (χ2n) is 8.76. The molecule has 1 aliphatic rings. The number of carbonyl (C=O) groups is 1. The maximum atomic E-state index is 13.9. The zero-order valence-electron chi connectivity index (χ0n) is 19.2. The molecule has 0 saturated carbocycles. The van der Waals surface area contributed by atoms with Crippen LogP contribution in [0.25, 0.3) is 15.9 Å². The highest BCUT2D eigenvalue weighted by molar-refractivity contribution is 7.18. The number of benzene rings is 2. The van der Waals surface area contributed by atoms with Crippen LogP contribution in [0.2, 0.25) is 5.02 Å². The van der Waals surface area contributed by atoms with Gasteiger partial charge in [-0.15, -0.1) is 11.3 Å². The van der Waals surface area contributed by atoms with Gasteiger partial charge in [0.2, 0.25) is 5.91 Å². The molecule has 0 N–H and O–H groups in total. The van der Waals surface area contributed by atoms with Crippen LogP contribution < -0.4 is 11.2 Å². The minimum Gasteiger partial charge on any atom is -0.337 e. The molecule has 4 aromatic rings. The molecule has 0 spiro atoms. The maximum Gasteiger partial charge on any atom is 0.337 e. The molecule has 0 aliphatic carbocycles. The molecule has 2 aromatic heterocycles. The Bertz CT molecular complexity index is 1580. The molecule has 8 heteroatoms. The van der Waals surface area contributed by atoms with Crippen LogP contribution in [-0.2, 0) is 24.3 Å². The fourth-order valence-corrected chi connectivity index (χ4v) is 6.17. The Kier molecular flexibility index (Phi) is 5.70. The van der Waals surface area contributed by atoms with Gasteiger partial charge in [0.25, 0.3) is 5.56 Å². The minimum absolute atomic E-state index is 0.00669. The number of thiophene rings is 1. The number of amides is 1. The fraction of sp³-hybridized carbons (Fsp3) is 0.269. The van der Waals surface area contributed by atoms with Crippen molar-refractivity contribution in [2.24, 2.45) is 0 Å². The van der Waals surface area contributed by atoms with Gasteiger partial charge in [-0.05, 0) is 49.1 Å². The van der Waals surface area contributed by atoms with E-state index >= 15 is 0 Å². The number of halogens is 1. The summed E-state index contributed by atoms with van der Waals surface area (Å²) in [5.41, 5.74) is 3.46. The lowest BCUT2D eigenvalue weighted by atomic mass is 10.0. The highest BCUT2D eigenvalue weighted by Gasteiger charge is 2.28. The molecule has 6 nitrogen and oxygen atoms in total. The summed E-state index contributed by atoms with van der Waals surface area (Å²) in [6.07, 6.45) is 0.585. The normalized spacial score (nSPS) is 13.4. The summed E-state index contributed by atoms with van der Waals surface area (Å²) in [6.45, 7) is 6.73. The van der Waals surface area contributed by atoms with E-state index in [-0.39, 0.29) is 11.5 Å². The van der Waals surface area contributed by atoms with Gasteiger partial charge in [0.15, 0.2) is 0 Å². The van der Waals surface area contributed by atoms with Crippen LogP contribution in [0.1, 0.15) is 34.1 Å². The number of aromatic nitrogens is 2. The summed E-state index contributed by atoms with van der Waals surface area (Å²) in [4.78, 5) is 43.1. The molecule has 0 radical (unpaired) electrons. The third kappa shape index (κ3) is 3.69. The number of carbonyl (C=O) groups excluding carboxylic acids is 1. The quantitative estimate of drug-likeness (QED) is 0.424. The molecule has 2 aromatic carbocycles. The lowest BCUT2D eigenvalue weighted by Crippen LogP contribution is -2.39. The molecule has 0 bridgehead atoms. The van der Waals surface area contributed by atoms with E-state index in [2.05, 4.69) is 0 Å². The molecule has 1 amide bonds. The van der Waals surface area contributed by atoms with Crippen molar-refractivity contribution >= 4 is 39.1 Å². The first-order valence-electron chi connectivity index (χ1n) is 11.1. The van der Waals surface area contributed by atoms with Gasteiger partial charge in [-0.3, -0.25) is 14.2 Å². The van der Waals surface area contributed by atoms with E-state index in [9.17, 15) is 14.4 Å². The van der Waals surface area contributed by atoms with E-state index in [1.54, 1.807) is 34.6 Å². The van der Waals surface area contributed by atoms with Crippen molar-refractivity contribution in [3.8, 4) is 5.69 Å². The first-order valence-corrected chi connectivity index (χ1v) is 12.3. The zero-order valence-corrected chi connectivity index (χ0v) is 20.8. The summed E-state index contributed by atoms with van der Waals surface area (Å²) in [5, 5.41) is 1.06. The summed E-state index contributed by atoms with van der Waals surface area (Å²) < 4.78 is 2.94. The predicted octanol–water partition coefficient (Wildman–Crippen LogP) is 4.44. The van der Waals surface area contributed by atoms with Crippen molar-refractivity contribution in [2.45, 2.75) is 40.3 Å². The van der Waals surface area contributed by atoms with E-state index in [0.29, 0.717) is 52.5 Å². The van der Waals surface area contributed by atoms with Crippen molar-refractivity contribution in [2.75, 3.05) is 6.54 Å². The van der Waals surface area contributed by atoms with Crippen molar-refractivity contribution in [3.05, 3.63) is 95.5 Å². The largest absolute Gasteiger partial charge is 0.337 e. The number of fused-ring (bicyclic) bond motifs is 3. The summed E-state index contributed by atoms with van der Waals surface area (Å²) in [7, 11) is 0. The Morgan fingerprint density at radius 3 is 2.62 bits per heavy atom. The number of aryl methyl sites for hydroxylation is 1. The highest BCUT2D eigenvalue weighted by Crippen LogP contribution is 2.34. The molecule has 0 unspecified atom stereocenters. The second kappa shape index (κ2) is 8.56. The van der Waals surface area contributed by atoms with E-state index in [0.717, 1.165) is 21.6 Å². The van der Waals surface area contributed by atoms with E-state index < -0.39 is 5.69 Å². The molecule has 5 rings (SSSR count). The third-order valence-corrected chi connectivity index (χ3v) is 8.12. The molecule has 3 heterocycles. The van der Waals surface area contributed by atoms with E-state index in [1.165, 1.54) is 15.9 Å². The monoisotopic (exact) mass is 493 g/mol. The van der Waals surface area contributed by atoms with Crippen LogP contribution in [0.15, 0.2) is 52.1 Å². The number of hydrogen-bond donors (Lipinski definition) is 0. The molecule has 174 valence electrons. The van der Waals surface area contributed by atoms with Crippen LogP contribution in [0.3, 0.4) is 0 Å². The van der Waals surface area contributed by atoms with Crippen molar-refractivity contribution < 1.29 is 4.79 Å². The molecular formula is C26H24ClN3O3S. The SMILES string of the molecule is CC(=O)N1CCc2c(sc3c2c(=O)n(-c2cccc(Cl)c2C)c(=O)n3Cc2cccc(C)c2)C1. The summed E-state index contributed by atoms with van der Waals surface area (Å²) in [6, 6.07) is 13.3. The average Bonchev–Trinajstić information content (AvgIpc) is 3.18. The van der Waals surface area contributed by atoms with Crippen LogP contribution in [0.4, 0.5) is 0 Å². The standard InChI is InChI=1S/C26H24ClN3O3S/c1-15-6-4-7-18(12-15)13-29-25-23(19-10-11-28(17(3)31)14-22(19)34-25)24(32)30(26(29)33)21-9-5-8-20(27)16(21)2/h4-9,12H,10-11,13-14H2,1-3H3. The van der Waals surface area contributed by atoms with Crippen molar-refractivity contribution in [1.29, 1.82) is 0 Å². The highest BCUT2D eigenvalue weighted by atomic mass is 35.5. The molecule has 0 atom stereocenters. The Balaban J connectivity index is 1.83. The van der Waals surface area contributed by atoms with Gasteiger partial charge in [0.05, 0.1) is 24.2 Å². The Hall–Kier alpha value is -3.16. The average molecular weight is 494 g/mol. The minimum atomic E-state index is -0.397. The van der Waals surface area contributed by atoms with Crippen LogP contribution in [0, 0.1) is 13.8 Å². The van der Waals surface area contributed by atoms with Gasteiger partial charge in [-0.25, -0.2) is 9.36 Å². The first-order chi connectivity index (χ1) is 16.3. The van der Waals surface area contributed by atoms with Crippen LogP contribution in [-0.4, -0.2) is 26.5 Å².